The lowest BCUT2D eigenvalue weighted by molar-refractivity contribution is -0.123. The molecule has 3 nitrogen and oxygen atoms in total. The van der Waals surface area contributed by atoms with E-state index in [0.29, 0.717) is 10.7 Å². The molecule has 0 unspecified atom stereocenters. The second-order valence-electron chi connectivity index (χ2n) is 4.43. The largest absolute Gasteiger partial charge is 0.324 e. The average Bonchev–Trinajstić information content (AvgIpc) is 2.20. The van der Waals surface area contributed by atoms with E-state index in [9.17, 15) is 4.79 Å². The van der Waals surface area contributed by atoms with E-state index in [2.05, 4.69) is 5.32 Å². The number of carbonyl (C=O) groups excluding carboxylic acids is 1. The second-order valence-corrected chi connectivity index (χ2v) is 4.83. The number of rotatable bonds is 2. The van der Waals surface area contributed by atoms with Crippen LogP contribution in [0.4, 0.5) is 5.69 Å². The molecule has 1 aliphatic rings. The molecule has 0 atom stereocenters. The Labute approximate surface area is 100.0 Å². The van der Waals surface area contributed by atoms with Crippen LogP contribution in [0.2, 0.25) is 5.02 Å². The lowest BCUT2D eigenvalue weighted by atomic mass is 9.77. The molecular formula is C12H15ClN2O. The highest BCUT2D eigenvalue weighted by Crippen LogP contribution is 2.30. The van der Waals surface area contributed by atoms with Gasteiger partial charge in [-0.2, -0.15) is 0 Å². The van der Waals surface area contributed by atoms with Crippen molar-refractivity contribution in [1.82, 2.24) is 0 Å². The molecule has 0 aliphatic heterocycles. The van der Waals surface area contributed by atoms with Crippen molar-refractivity contribution < 1.29 is 4.79 Å². The molecule has 0 aromatic heterocycles. The molecule has 3 N–H and O–H groups in total. The van der Waals surface area contributed by atoms with Gasteiger partial charge >= 0.3 is 0 Å². The predicted molar refractivity (Wildman–Crippen MR) is 65.6 cm³/mol. The number of halogens is 1. The second kappa shape index (κ2) is 4.07. The van der Waals surface area contributed by atoms with Crippen molar-refractivity contribution in [3.8, 4) is 0 Å². The topological polar surface area (TPSA) is 55.1 Å². The number of benzene rings is 1. The van der Waals surface area contributed by atoms with Gasteiger partial charge in [-0.3, -0.25) is 4.79 Å². The molecule has 2 rings (SSSR count). The van der Waals surface area contributed by atoms with Crippen molar-refractivity contribution in [2.45, 2.75) is 31.7 Å². The van der Waals surface area contributed by atoms with Gasteiger partial charge < -0.3 is 11.1 Å². The number of hydrogen-bond acceptors (Lipinski definition) is 2. The summed E-state index contributed by atoms with van der Waals surface area (Å²) in [6.07, 6.45) is 2.55. The van der Waals surface area contributed by atoms with E-state index in [1.165, 1.54) is 0 Å². The predicted octanol–water partition coefficient (Wildman–Crippen LogP) is 2.47. The number of hydrogen-bond donors (Lipinski definition) is 2. The van der Waals surface area contributed by atoms with Crippen LogP contribution >= 0.6 is 11.6 Å². The summed E-state index contributed by atoms with van der Waals surface area (Å²) in [6, 6.07) is 5.46. The Hall–Kier alpha value is -1.06. The smallest absolute Gasteiger partial charge is 0.244 e. The zero-order valence-electron chi connectivity index (χ0n) is 9.22. The number of amides is 1. The van der Waals surface area contributed by atoms with Gasteiger partial charge in [-0.05, 0) is 43.9 Å². The van der Waals surface area contributed by atoms with Crippen molar-refractivity contribution in [1.29, 1.82) is 0 Å². The van der Waals surface area contributed by atoms with Crippen LogP contribution in [0, 0.1) is 6.92 Å². The molecule has 1 fully saturated rings. The fourth-order valence-electron chi connectivity index (χ4n) is 1.71. The van der Waals surface area contributed by atoms with E-state index in [-0.39, 0.29) is 5.91 Å². The number of aryl methyl sites for hydroxylation is 1. The Morgan fingerprint density at radius 1 is 1.50 bits per heavy atom. The molecule has 4 heteroatoms. The van der Waals surface area contributed by atoms with Crippen LogP contribution in [-0.4, -0.2) is 11.4 Å². The van der Waals surface area contributed by atoms with Gasteiger partial charge in [-0.1, -0.05) is 17.7 Å². The monoisotopic (exact) mass is 238 g/mol. The number of carbonyl (C=O) groups is 1. The molecule has 86 valence electrons. The molecule has 1 saturated carbocycles. The number of nitrogens with one attached hydrogen (secondary N) is 1. The first-order valence-corrected chi connectivity index (χ1v) is 5.75. The molecule has 1 amide bonds. The van der Waals surface area contributed by atoms with Crippen LogP contribution in [0.25, 0.3) is 0 Å². The third-order valence-electron chi connectivity index (χ3n) is 3.13. The van der Waals surface area contributed by atoms with Gasteiger partial charge in [0.15, 0.2) is 0 Å². The van der Waals surface area contributed by atoms with Gasteiger partial charge in [0.2, 0.25) is 5.91 Å². The minimum absolute atomic E-state index is 0.112. The summed E-state index contributed by atoms with van der Waals surface area (Å²) in [5.41, 5.74) is 6.95. The van der Waals surface area contributed by atoms with E-state index in [4.69, 9.17) is 17.3 Å². The molecule has 1 aromatic rings. The van der Waals surface area contributed by atoms with Crippen LogP contribution in [0.3, 0.4) is 0 Å². The highest BCUT2D eigenvalue weighted by molar-refractivity contribution is 6.31. The Bertz CT molecular complexity index is 427. The lowest BCUT2D eigenvalue weighted by Crippen LogP contribution is -2.56. The quantitative estimate of drug-likeness (QED) is 0.832. The van der Waals surface area contributed by atoms with Crippen molar-refractivity contribution in [3.63, 3.8) is 0 Å². The summed E-state index contributed by atoms with van der Waals surface area (Å²) in [7, 11) is 0. The van der Waals surface area contributed by atoms with Gasteiger partial charge in [0, 0.05) is 10.7 Å². The van der Waals surface area contributed by atoms with E-state index >= 15 is 0 Å². The Morgan fingerprint density at radius 2 is 2.19 bits per heavy atom. The van der Waals surface area contributed by atoms with Crippen molar-refractivity contribution in [2.75, 3.05) is 5.32 Å². The van der Waals surface area contributed by atoms with Gasteiger partial charge in [-0.25, -0.2) is 0 Å². The normalized spacial score (nSPS) is 17.7. The minimum Gasteiger partial charge on any atom is -0.324 e. The maximum Gasteiger partial charge on any atom is 0.244 e. The first-order chi connectivity index (χ1) is 7.51. The Balaban J connectivity index is 2.09. The minimum atomic E-state index is -0.669. The maximum absolute atomic E-state index is 11.8. The van der Waals surface area contributed by atoms with E-state index in [1.807, 2.05) is 19.1 Å². The molecular weight excluding hydrogens is 224 g/mol. The Kier molecular flexibility index (Phi) is 2.91. The SMILES string of the molecule is Cc1ccc(NC(=O)C2(N)CCC2)cc1Cl. The van der Waals surface area contributed by atoms with Crippen molar-refractivity contribution in [2.24, 2.45) is 5.73 Å². The fourth-order valence-corrected chi connectivity index (χ4v) is 1.89. The summed E-state index contributed by atoms with van der Waals surface area (Å²) in [5, 5.41) is 3.45. The van der Waals surface area contributed by atoms with Gasteiger partial charge in [0.25, 0.3) is 0 Å². The van der Waals surface area contributed by atoms with Gasteiger partial charge in [0.05, 0.1) is 5.54 Å². The highest BCUT2D eigenvalue weighted by atomic mass is 35.5. The lowest BCUT2D eigenvalue weighted by Gasteiger charge is -2.36. The highest BCUT2D eigenvalue weighted by Gasteiger charge is 2.40. The molecule has 0 saturated heterocycles. The van der Waals surface area contributed by atoms with E-state index in [0.717, 1.165) is 24.8 Å². The average molecular weight is 239 g/mol. The third-order valence-corrected chi connectivity index (χ3v) is 3.53. The molecule has 0 bridgehead atoms. The summed E-state index contributed by atoms with van der Waals surface area (Å²) >= 11 is 5.98. The van der Waals surface area contributed by atoms with Crippen LogP contribution in [0.5, 0.6) is 0 Å². The Morgan fingerprint density at radius 3 is 2.69 bits per heavy atom. The molecule has 16 heavy (non-hydrogen) atoms. The zero-order chi connectivity index (χ0) is 11.8. The van der Waals surface area contributed by atoms with Crippen LogP contribution in [0.15, 0.2) is 18.2 Å². The number of nitrogens with two attached hydrogens (primary N) is 1. The third kappa shape index (κ3) is 2.06. The van der Waals surface area contributed by atoms with Crippen LogP contribution in [0.1, 0.15) is 24.8 Å². The van der Waals surface area contributed by atoms with E-state index < -0.39 is 5.54 Å². The van der Waals surface area contributed by atoms with Crippen molar-refractivity contribution >= 4 is 23.2 Å². The molecule has 1 aromatic carbocycles. The maximum atomic E-state index is 11.8. The first kappa shape index (κ1) is 11.4. The molecule has 0 heterocycles. The van der Waals surface area contributed by atoms with Crippen LogP contribution in [-0.2, 0) is 4.79 Å². The fraction of sp³-hybridized carbons (Fsp3) is 0.417. The summed E-state index contributed by atoms with van der Waals surface area (Å²) in [5.74, 6) is -0.112. The molecule has 0 spiro atoms. The standard InChI is InChI=1S/C12H15ClN2O/c1-8-3-4-9(7-10(8)13)15-11(16)12(14)5-2-6-12/h3-4,7H,2,5-6,14H2,1H3,(H,15,16). The van der Waals surface area contributed by atoms with Crippen molar-refractivity contribution in [3.05, 3.63) is 28.8 Å². The number of anilines is 1. The van der Waals surface area contributed by atoms with E-state index in [1.54, 1.807) is 6.07 Å². The van der Waals surface area contributed by atoms with Crippen LogP contribution < -0.4 is 11.1 Å². The summed E-state index contributed by atoms with van der Waals surface area (Å²) < 4.78 is 0. The molecule has 0 radical (unpaired) electrons. The van der Waals surface area contributed by atoms with Gasteiger partial charge in [-0.15, -0.1) is 0 Å². The zero-order valence-corrected chi connectivity index (χ0v) is 9.97. The first-order valence-electron chi connectivity index (χ1n) is 5.38. The van der Waals surface area contributed by atoms with Gasteiger partial charge in [0.1, 0.15) is 0 Å². The molecule has 1 aliphatic carbocycles. The summed E-state index contributed by atoms with van der Waals surface area (Å²) in [6.45, 7) is 1.92. The summed E-state index contributed by atoms with van der Waals surface area (Å²) in [4.78, 5) is 11.8.